The van der Waals surface area contributed by atoms with Crippen molar-refractivity contribution >= 4 is 5.96 Å². The maximum Gasteiger partial charge on any atom is 0.387 e. The summed E-state index contributed by atoms with van der Waals surface area (Å²) in [5.74, 6) is 0.767. The van der Waals surface area contributed by atoms with Crippen molar-refractivity contribution in [2.75, 3.05) is 13.6 Å². The Balaban J connectivity index is 1.77. The van der Waals surface area contributed by atoms with E-state index in [-0.39, 0.29) is 5.75 Å². The monoisotopic (exact) mass is 337 g/mol. The van der Waals surface area contributed by atoms with Crippen molar-refractivity contribution in [1.29, 1.82) is 0 Å². The number of guanidine groups is 1. The molecule has 0 bridgehead atoms. The van der Waals surface area contributed by atoms with E-state index in [9.17, 15) is 8.78 Å². The van der Waals surface area contributed by atoms with Gasteiger partial charge in [0.15, 0.2) is 5.96 Å². The third kappa shape index (κ3) is 5.86. The normalized spacial score (nSPS) is 11.6. The first-order chi connectivity index (χ1) is 11.7. The SMILES string of the molecule is CN=C(NCCCn1ccnc1)NCc1ccccc1OC(F)F. The third-order valence-electron chi connectivity index (χ3n) is 3.30. The summed E-state index contributed by atoms with van der Waals surface area (Å²) in [5, 5.41) is 6.27. The third-order valence-corrected chi connectivity index (χ3v) is 3.30. The second-order valence-corrected chi connectivity index (χ2v) is 4.99. The van der Waals surface area contributed by atoms with Gasteiger partial charge in [0.05, 0.1) is 6.33 Å². The van der Waals surface area contributed by atoms with Crippen LogP contribution in [0, 0.1) is 0 Å². The Morgan fingerprint density at radius 2 is 2.17 bits per heavy atom. The van der Waals surface area contributed by atoms with E-state index in [1.165, 1.54) is 6.07 Å². The summed E-state index contributed by atoms with van der Waals surface area (Å²) in [4.78, 5) is 8.10. The first-order valence-electron chi connectivity index (χ1n) is 7.62. The van der Waals surface area contributed by atoms with Gasteiger partial charge in [0.25, 0.3) is 0 Å². The van der Waals surface area contributed by atoms with Crippen molar-refractivity contribution in [2.24, 2.45) is 4.99 Å². The Morgan fingerprint density at radius 1 is 1.33 bits per heavy atom. The lowest BCUT2D eigenvalue weighted by Gasteiger charge is -2.14. The maximum atomic E-state index is 12.4. The van der Waals surface area contributed by atoms with Crippen LogP contribution in [0.2, 0.25) is 0 Å². The van der Waals surface area contributed by atoms with E-state index >= 15 is 0 Å². The number of para-hydroxylation sites is 1. The summed E-state index contributed by atoms with van der Waals surface area (Å²) in [7, 11) is 1.66. The number of imidazole rings is 1. The van der Waals surface area contributed by atoms with Crippen LogP contribution < -0.4 is 15.4 Å². The summed E-state index contributed by atoms with van der Waals surface area (Å²) in [6.45, 7) is -0.918. The number of halogens is 2. The van der Waals surface area contributed by atoms with Gasteiger partial charge in [0.1, 0.15) is 5.75 Å². The molecule has 0 spiro atoms. The number of aliphatic imine (C=N–C) groups is 1. The molecule has 0 atom stereocenters. The predicted octanol–water partition coefficient (Wildman–Crippen LogP) is 2.24. The van der Waals surface area contributed by atoms with Crippen LogP contribution in [0.15, 0.2) is 48.0 Å². The summed E-state index contributed by atoms with van der Waals surface area (Å²) >= 11 is 0. The van der Waals surface area contributed by atoms with Crippen molar-refractivity contribution in [2.45, 2.75) is 26.1 Å². The van der Waals surface area contributed by atoms with Gasteiger partial charge in [0, 0.05) is 44.6 Å². The Labute approximate surface area is 139 Å². The molecule has 2 rings (SSSR count). The predicted molar refractivity (Wildman–Crippen MR) is 88.1 cm³/mol. The average Bonchev–Trinajstić information content (AvgIpc) is 3.08. The van der Waals surface area contributed by atoms with E-state index in [0.717, 1.165) is 19.5 Å². The molecule has 1 aromatic heterocycles. The fourth-order valence-electron chi connectivity index (χ4n) is 2.15. The Hall–Kier alpha value is -2.64. The fourth-order valence-corrected chi connectivity index (χ4v) is 2.15. The molecular weight excluding hydrogens is 316 g/mol. The molecule has 0 radical (unpaired) electrons. The molecule has 0 amide bonds. The van der Waals surface area contributed by atoms with E-state index in [1.54, 1.807) is 37.8 Å². The van der Waals surface area contributed by atoms with Crippen LogP contribution in [0.5, 0.6) is 5.75 Å². The van der Waals surface area contributed by atoms with Crippen LogP contribution in [-0.4, -0.2) is 35.7 Å². The summed E-state index contributed by atoms with van der Waals surface area (Å²) in [6.07, 6.45) is 6.33. The molecule has 24 heavy (non-hydrogen) atoms. The molecule has 1 aromatic carbocycles. The van der Waals surface area contributed by atoms with Gasteiger partial charge in [-0.15, -0.1) is 0 Å². The minimum Gasteiger partial charge on any atom is -0.434 e. The zero-order valence-corrected chi connectivity index (χ0v) is 13.5. The highest BCUT2D eigenvalue weighted by atomic mass is 19.3. The highest BCUT2D eigenvalue weighted by Gasteiger charge is 2.09. The number of nitrogens with one attached hydrogen (secondary N) is 2. The van der Waals surface area contributed by atoms with Gasteiger partial charge in [-0.3, -0.25) is 4.99 Å². The molecule has 8 heteroatoms. The van der Waals surface area contributed by atoms with E-state index in [1.807, 2.05) is 10.8 Å². The molecular formula is C16H21F2N5O. The second-order valence-electron chi connectivity index (χ2n) is 4.99. The van der Waals surface area contributed by atoms with E-state index in [2.05, 4.69) is 25.3 Å². The number of benzene rings is 1. The number of nitrogens with zero attached hydrogens (tertiary/aromatic N) is 3. The van der Waals surface area contributed by atoms with Crippen LogP contribution in [0.4, 0.5) is 8.78 Å². The topological polar surface area (TPSA) is 63.5 Å². The molecule has 2 N–H and O–H groups in total. The molecule has 0 saturated heterocycles. The summed E-state index contributed by atoms with van der Waals surface area (Å²) < 4.78 is 31.3. The highest BCUT2D eigenvalue weighted by molar-refractivity contribution is 5.79. The summed E-state index contributed by atoms with van der Waals surface area (Å²) in [5.41, 5.74) is 0.638. The summed E-state index contributed by atoms with van der Waals surface area (Å²) in [6, 6.07) is 6.68. The van der Waals surface area contributed by atoms with Gasteiger partial charge < -0.3 is 19.9 Å². The number of aromatic nitrogens is 2. The van der Waals surface area contributed by atoms with Crippen LogP contribution in [0.1, 0.15) is 12.0 Å². The van der Waals surface area contributed by atoms with E-state index in [4.69, 9.17) is 0 Å². The number of alkyl halides is 2. The second kappa shape index (κ2) is 9.49. The Kier molecular flexibility index (Phi) is 7.00. The molecule has 130 valence electrons. The van der Waals surface area contributed by atoms with Crippen molar-refractivity contribution in [3.8, 4) is 5.75 Å². The maximum absolute atomic E-state index is 12.4. The number of rotatable bonds is 8. The minimum atomic E-state index is -2.84. The Morgan fingerprint density at radius 3 is 2.88 bits per heavy atom. The van der Waals surface area contributed by atoms with Gasteiger partial charge >= 0.3 is 6.61 Å². The van der Waals surface area contributed by atoms with Crippen LogP contribution in [0.25, 0.3) is 0 Å². The fraction of sp³-hybridized carbons (Fsp3) is 0.375. The molecule has 0 unspecified atom stereocenters. The minimum absolute atomic E-state index is 0.163. The molecule has 6 nitrogen and oxygen atoms in total. The van der Waals surface area contributed by atoms with Crippen LogP contribution in [0.3, 0.4) is 0 Å². The zero-order valence-electron chi connectivity index (χ0n) is 13.5. The van der Waals surface area contributed by atoms with Crippen LogP contribution in [-0.2, 0) is 13.1 Å². The number of aryl methyl sites for hydroxylation is 1. The lowest BCUT2D eigenvalue weighted by Crippen LogP contribution is -2.37. The van der Waals surface area contributed by atoms with Gasteiger partial charge in [-0.1, -0.05) is 18.2 Å². The number of ether oxygens (including phenoxy) is 1. The largest absolute Gasteiger partial charge is 0.434 e. The van der Waals surface area contributed by atoms with Crippen LogP contribution >= 0.6 is 0 Å². The quantitative estimate of drug-likeness (QED) is 0.441. The molecule has 2 aromatic rings. The molecule has 0 aliphatic rings. The molecule has 0 aliphatic carbocycles. The average molecular weight is 337 g/mol. The first kappa shape index (κ1) is 17.7. The van der Waals surface area contributed by atoms with Gasteiger partial charge in [-0.2, -0.15) is 8.78 Å². The number of hydrogen-bond acceptors (Lipinski definition) is 3. The van der Waals surface area contributed by atoms with Crippen molar-refractivity contribution in [1.82, 2.24) is 20.2 Å². The van der Waals surface area contributed by atoms with Crippen molar-refractivity contribution in [3.63, 3.8) is 0 Å². The standard InChI is InChI=1S/C16H21F2N5O/c1-19-16(21-7-4-9-23-10-8-20-12-23)22-11-13-5-2-3-6-14(13)24-15(17)18/h2-3,5-6,8,10,12,15H,4,7,9,11H2,1H3,(H2,19,21,22). The number of hydrogen-bond donors (Lipinski definition) is 2. The van der Waals surface area contributed by atoms with E-state index < -0.39 is 6.61 Å². The smallest absolute Gasteiger partial charge is 0.387 e. The molecule has 0 fully saturated rings. The molecule has 0 aliphatic heterocycles. The van der Waals surface area contributed by atoms with Crippen molar-refractivity contribution in [3.05, 3.63) is 48.5 Å². The van der Waals surface area contributed by atoms with Gasteiger partial charge in [0.2, 0.25) is 0 Å². The lowest BCUT2D eigenvalue weighted by molar-refractivity contribution is -0.0504. The lowest BCUT2D eigenvalue weighted by atomic mass is 10.2. The zero-order chi connectivity index (χ0) is 17.2. The van der Waals surface area contributed by atoms with Gasteiger partial charge in [-0.25, -0.2) is 4.98 Å². The van der Waals surface area contributed by atoms with E-state index in [0.29, 0.717) is 18.1 Å². The van der Waals surface area contributed by atoms with Gasteiger partial charge in [-0.05, 0) is 12.5 Å². The highest BCUT2D eigenvalue weighted by Crippen LogP contribution is 2.19. The first-order valence-corrected chi connectivity index (χ1v) is 7.62. The van der Waals surface area contributed by atoms with Crippen molar-refractivity contribution < 1.29 is 13.5 Å². The Bertz CT molecular complexity index is 631. The molecule has 1 heterocycles. The molecule has 0 saturated carbocycles.